The van der Waals surface area contributed by atoms with Gasteiger partial charge in [0.2, 0.25) is 21.8 Å². The number of anilines is 1. The highest BCUT2D eigenvalue weighted by Crippen LogP contribution is 2.24. The van der Waals surface area contributed by atoms with Crippen LogP contribution in [0, 0.1) is 13.8 Å². The number of sulfonamides is 1. The zero-order valence-corrected chi connectivity index (χ0v) is 24.2. The summed E-state index contributed by atoms with van der Waals surface area (Å²) in [5.41, 5.74) is 3.95. The molecule has 0 spiro atoms. The van der Waals surface area contributed by atoms with Gasteiger partial charge < -0.3 is 10.2 Å². The van der Waals surface area contributed by atoms with E-state index in [9.17, 15) is 18.0 Å². The summed E-state index contributed by atoms with van der Waals surface area (Å²) < 4.78 is 26.9. The minimum atomic E-state index is -3.79. The zero-order valence-electron chi connectivity index (χ0n) is 23.4. The van der Waals surface area contributed by atoms with Crippen molar-refractivity contribution in [1.82, 2.24) is 10.2 Å². The van der Waals surface area contributed by atoms with E-state index < -0.39 is 28.5 Å². The summed E-state index contributed by atoms with van der Waals surface area (Å²) in [6.45, 7) is 7.42. The third-order valence-electron chi connectivity index (χ3n) is 6.94. The molecule has 0 heterocycles. The number of amides is 2. The fraction of sp³-hybridized carbons (Fsp3) is 0.355. The van der Waals surface area contributed by atoms with E-state index in [-0.39, 0.29) is 18.5 Å². The van der Waals surface area contributed by atoms with Crippen LogP contribution in [-0.2, 0) is 32.6 Å². The number of carbonyl (C=O) groups is 2. The van der Waals surface area contributed by atoms with Crippen molar-refractivity contribution in [2.24, 2.45) is 0 Å². The highest BCUT2D eigenvalue weighted by Gasteiger charge is 2.33. The Balaban J connectivity index is 2.08. The third-order valence-corrected chi connectivity index (χ3v) is 8.06. The minimum absolute atomic E-state index is 0.0781. The van der Waals surface area contributed by atoms with Crippen LogP contribution in [0.25, 0.3) is 0 Å². The summed E-state index contributed by atoms with van der Waals surface area (Å²) in [7, 11) is -3.79. The molecule has 0 bridgehead atoms. The van der Waals surface area contributed by atoms with E-state index in [1.165, 1.54) is 4.90 Å². The molecular weight excluding hydrogens is 510 g/mol. The van der Waals surface area contributed by atoms with Gasteiger partial charge >= 0.3 is 0 Å². The molecule has 0 aliphatic rings. The molecule has 1 N–H and O–H groups in total. The lowest BCUT2D eigenvalue weighted by Gasteiger charge is -2.34. The number of hydrogen-bond donors (Lipinski definition) is 1. The topological polar surface area (TPSA) is 86.8 Å². The summed E-state index contributed by atoms with van der Waals surface area (Å²) in [6.07, 6.45) is 2.13. The molecule has 0 radical (unpaired) electrons. The second-order valence-corrected chi connectivity index (χ2v) is 11.9. The van der Waals surface area contributed by atoms with Crippen molar-refractivity contribution in [3.63, 3.8) is 0 Å². The molecule has 208 valence electrons. The molecule has 3 aromatic carbocycles. The lowest BCUT2D eigenvalue weighted by Crippen LogP contribution is -2.54. The number of hydrogen-bond acceptors (Lipinski definition) is 4. The third kappa shape index (κ3) is 8.17. The SMILES string of the molecule is CC[C@@H](C)NC(=O)[C@H](Cc1ccccc1)N(Cc1ccccc1C)C(=O)CN(c1ccccc1C)S(C)(=O)=O. The predicted molar refractivity (Wildman–Crippen MR) is 157 cm³/mol. The molecule has 3 rings (SSSR count). The molecule has 0 fully saturated rings. The van der Waals surface area contributed by atoms with Crippen molar-refractivity contribution in [2.45, 2.75) is 59.2 Å². The molecule has 0 aliphatic heterocycles. The lowest BCUT2D eigenvalue weighted by molar-refractivity contribution is -0.140. The Morgan fingerprint density at radius 1 is 0.872 bits per heavy atom. The van der Waals surface area contributed by atoms with Gasteiger partial charge in [0, 0.05) is 19.0 Å². The molecule has 0 saturated heterocycles. The van der Waals surface area contributed by atoms with Gasteiger partial charge in [-0.2, -0.15) is 0 Å². The van der Waals surface area contributed by atoms with Gasteiger partial charge in [-0.3, -0.25) is 13.9 Å². The number of para-hydroxylation sites is 1. The number of nitrogens with one attached hydrogen (secondary N) is 1. The Bertz CT molecular complexity index is 1380. The average molecular weight is 550 g/mol. The van der Waals surface area contributed by atoms with Crippen LogP contribution in [0.1, 0.15) is 42.5 Å². The van der Waals surface area contributed by atoms with Crippen molar-refractivity contribution in [3.05, 3.63) is 101 Å². The molecule has 39 heavy (non-hydrogen) atoms. The lowest BCUT2D eigenvalue weighted by atomic mass is 10.0. The first-order valence-corrected chi connectivity index (χ1v) is 15.1. The first kappa shape index (κ1) is 29.9. The van der Waals surface area contributed by atoms with Crippen LogP contribution < -0.4 is 9.62 Å². The zero-order chi connectivity index (χ0) is 28.6. The number of rotatable bonds is 12. The number of carbonyl (C=O) groups excluding carboxylic acids is 2. The summed E-state index contributed by atoms with van der Waals surface area (Å²) in [5, 5.41) is 3.05. The number of aryl methyl sites for hydroxylation is 2. The fourth-order valence-electron chi connectivity index (χ4n) is 4.40. The van der Waals surface area contributed by atoms with E-state index in [2.05, 4.69) is 5.32 Å². The smallest absolute Gasteiger partial charge is 0.244 e. The Labute approximate surface area is 232 Å². The second-order valence-electron chi connectivity index (χ2n) is 10.0. The Morgan fingerprint density at radius 3 is 2.05 bits per heavy atom. The molecule has 0 saturated carbocycles. The normalized spacial score (nSPS) is 12.8. The molecular formula is C31H39N3O4S. The van der Waals surface area contributed by atoms with E-state index in [1.54, 1.807) is 25.1 Å². The monoisotopic (exact) mass is 549 g/mol. The Morgan fingerprint density at radius 2 is 1.46 bits per heavy atom. The Kier molecular flexibility index (Phi) is 10.3. The molecule has 2 amide bonds. The van der Waals surface area contributed by atoms with Crippen molar-refractivity contribution in [3.8, 4) is 0 Å². The summed E-state index contributed by atoms with van der Waals surface area (Å²) >= 11 is 0. The maximum atomic E-state index is 14.1. The number of nitrogens with zero attached hydrogens (tertiary/aromatic N) is 2. The summed E-state index contributed by atoms with van der Waals surface area (Å²) in [6, 6.07) is 23.4. The van der Waals surface area contributed by atoms with Crippen LogP contribution in [0.3, 0.4) is 0 Å². The van der Waals surface area contributed by atoms with Gasteiger partial charge in [0.1, 0.15) is 12.6 Å². The van der Waals surface area contributed by atoms with E-state index in [4.69, 9.17) is 0 Å². The molecule has 0 aliphatic carbocycles. The van der Waals surface area contributed by atoms with Crippen LogP contribution in [0.4, 0.5) is 5.69 Å². The van der Waals surface area contributed by atoms with E-state index in [0.717, 1.165) is 39.2 Å². The molecule has 0 aromatic heterocycles. The van der Waals surface area contributed by atoms with Gasteiger partial charge in [0.05, 0.1) is 11.9 Å². The highest BCUT2D eigenvalue weighted by molar-refractivity contribution is 7.92. The highest BCUT2D eigenvalue weighted by atomic mass is 32.2. The fourth-order valence-corrected chi connectivity index (χ4v) is 5.31. The van der Waals surface area contributed by atoms with Crippen molar-refractivity contribution in [1.29, 1.82) is 0 Å². The van der Waals surface area contributed by atoms with Crippen LogP contribution in [0.2, 0.25) is 0 Å². The van der Waals surface area contributed by atoms with Crippen LogP contribution in [0.15, 0.2) is 78.9 Å². The van der Waals surface area contributed by atoms with Gasteiger partial charge in [-0.1, -0.05) is 79.7 Å². The molecule has 8 heteroatoms. The quantitative estimate of drug-likeness (QED) is 0.357. The first-order chi connectivity index (χ1) is 18.5. The standard InChI is InChI=1S/C31H39N3O4S/c1-6-25(4)32-31(36)29(20-26-16-8-7-9-17-26)33(21-27-18-12-10-14-23(27)2)30(35)22-34(39(5,37)38)28-19-13-11-15-24(28)3/h7-19,25,29H,6,20-22H2,1-5H3,(H,32,36)/t25-,29+/m1/s1. The van der Waals surface area contributed by atoms with Gasteiger partial charge in [-0.25, -0.2) is 8.42 Å². The van der Waals surface area contributed by atoms with Gasteiger partial charge in [0.15, 0.2) is 0 Å². The van der Waals surface area contributed by atoms with E-state index in [1.807, 2.05) is 81.4 Å². The maximum Gasteiger partial charge on any atom is 0.244 e. The average Bonchev–Trinajstić information content (AvgIpc) is 2.90. The van der Waals surface area contributed by atoms with E-state index >= 15 is 0 Å². The Hall–Kier alpha value is -3.65. The maximum absolute atomic E-state index is 14.1. The van der Waals surface area contributed by atoms with Crippen molar-refractivity contribution in [2.75, 3.05) is 17.1 Å². The van der Waals surface area contributed by atoms with Crippen LogP contribution >= 0.6 is 0 Å². The van der Waals surface area contributed by atoms with Gasteiger partial charge in [0.25, 0.3) is 0 Å². The second kappa shape index (κ2) is 13.4. The molecule has 7 nitrogen and oxygen atoms in total. The van der Waals surface area contributed by atoms with Crippen LogP contribution in [0.5, 0.6) is 0 Å². The molecule has 0 unspecified atom stereocenters. The van der Waals surface area contributed by atoms with E-state index in [0.29, 0.717) is 12.1 Å². The minimum Gasteiger partial charge on any atom is -0.352 e. The first-order valence-electron chi connectivity index (χ1n) is 13.2. The summed E-state index contributed by atoms with van der Waals surface area (Å²) in [5.74, 6) is -0.718. The molecule has 3 aromatic rings. The van der Waals surface area contributed by atoms with Gasteiger partial charge in [-0.15, -0.1) is 0 Å². The molecule has 2 atom stereocenters. The van der Waals surface area contributed by atoms with Crippen molar-refractivity contribution >= 4 is 27.5 Å². The largest absolute Gasteiger partial charge is 0.352 e. The predicted octanol–water partition coefficient (Wildman–Crippen LogP) is 4.62. The van der Waals surface area contributed by atoms with Crippen molar-refractivity contribution < 1.29 is 18.0 Å². The summed E-state index contributed by atoms with van der Waals surface area (Å²) in [4.78, 5) is 29.4. The van der Waals surface area contributed by atoms with Crippen LogP contribution in [-0.4, -0.2) is 50.0 Å². The number of benzene rings is 3. The van der Waals surface area contributed by atoms with Gasteiger partial charge in [-0.05, 0) is 55.5 Å².